The van der Waals surface area contributed by atoms with E-state index in [1.165, 1.54) is 0 Å². The van der Waals surface area contributed by atoms with Gasteiger partial charge in [-0.3, -0.25) is 9.88 Å². The van der Waals surface area contributed by atoms with Crippen molar-refractivity contribution in [2.75, 3.05) is 0 Å². The number of pyridine rings is 2. The van der Waals surface area contributed by atoms with Gasteiger partial charge < -0.3 is 9.47 Å². The van der Waals surface area contributed by atoms with E-state index in [1.807, 2.05) is 63.2 Å². The van der Waals surface area contributed by atoms with Crippen LogP contribution >= 0.6 is 0 Å². The van der Waals surface area contributed by atoms with Crippen LogP contribution in [0.15, 0.2) is 67.3 Å². The van der Waals surface area contributed by atoms with Crippen molar-refractivity contribution in [3.05, 3.63) is 78.4 Å². The predicted octanol–water partition coefficient (Wildman–Crippen LogP) is 6.21. The maximum atomic E-state index is 13.0. The highest BCUT2D eigenvalue weighted by molar-refractivity contribution is 5.87. The molecule has 3 aromatic heterocycles. The van der Waals surface area contributed by atoms with Gasteiger partial charge in [0.15, 0.2) is 5.65 Å². The molecule has 0 N–H and O–H groups in total. The van der Waals surface area contributed by atoms with Crippen molar-refractivity contribution in [2.45, 2.75) is 65.8 Å². The standard InChI is InChI=1S/C29H33N5O4/c1-28(2,3)37-26(35)33(18-20-10-8-7-9-11-20)19-21-12-22(15-30-14-21)23-13-24-17-32-34(25(24)31-16-23)27(36)38-29(4,5)6/h7-17H,18-19H2,1-6H3. The van der Waals surface area contributed by atoms with Gasteiger partial charge in [-0.15, -0.1) is 4.68 Å². The number of hydrogen-bond acceptors (Lipinski definition) is 7. The molecule has 0 fully saturated rings. The van der Waals surface area contributed by atoms with E-state index in [4.69, 9.17) is 9.47 Å². The largest absolute Gasteiger partial charge is 0.444 e. The Bertz CT molecular complexity index is 1430. The molecule has 0 bridgehead atoms. The minimum Gasteiger partial charge on any atom is -0.444 e. The van der Waals surface area contributed by atoms with E-state index in [2.05, 4.69) is 15.1 Å². The van der Waals surface area contributed by atoms with Gasteiger partial charge in [0.1, 0.15) is 11.2 Å². The Morgan fingerprint density at radius 1 is 0.816 bits per heavy atom. The lowest BCUT2D eigenvalue weighted by atomic mass is 10.1. The smallest absolute Gasteiger partial charge is 0.437 e. The molecule has 0 spiro atoms. The van der Waals surface area contributed by atoms with Crippen LogP contribution < -0.4 is 0 Å². The van der Waals surface area contributed by atoms with Crippen LogP contribution in [0.4, 0.5) is 9.59 Å². The third-order valence-corrected chi connectivity index (χ3v) is 5.34. The molecule has 9 heteroatoms. The molecule has 0 atom stereocenters. The molecule has 198 valence electrons. The van der Waals surface area contributed by atoms with E-state index < -0.39 is 23.4 Å². The van der Waals surface area contributed by atoms with Crippen LogP contribution in [-0.2, 0) is 22.6 Å². The quantitative estimate of drug-likeness (QED) is 0.311. The summed E-state index contributed by atoms with van der Waals surface area (Å²) in [5, 5.41) is 4.86. The summed E-state index contributed by atoms with van der Waals surface area (Å²) in [5.41, 5.74) is 2.62. The van der Waals surface area contributed by atoms with Crippen molar-refractivity contribution < 1.29 is 19.1 Å². The lowest BCUT2D eigenvalue weighted by molar-refractivity contribution is 0.0216. The number of amides is 1. The van der Waals surface area contributed by atoms with Crippen LogP contribution in [0, 0.1) is 0 Å². The lowest BCUT2D eigenvalue weighted by Gasteiger charge is -2.27. The maximum Gasteiger partial charge on any atom is 0.437 e. The molecule has 0 aliphatic carbocycles. The van der Waals surface area contributed by atoms with Crippen molar-refractivity contribution in [3.63, 3.8) is 0 Å². The highest BCUT2D eigenvalue weighted by Gasteiger charge is 2.23. The summed E-state index contributed by atoms with van der Waals surface area (Å²) < 4.78 is 12.2. The number of carbonyl (C=O) groups excluding carboxylic acids is 2. The number of fused-ring (bicyclic) bond motifs is 1. The molecule has 38 heavy (non-hydrogen) atoms. The molecule has 0 aliphatic heterocycles. The van der Waals surface area contributed by atoms with Crippen molar-refractivity contribution >= 4 is 23.2 Å². The number of aromatic nitrogens is 4. The Hall–Kier alpha value is -4.27. The Morgan fingerprint density at radius 2 is 1.47 bits per heavy atom. The van der Waals surface area contributed by atoms with Gasteiger partial charge in [-0.05, 0) is 64.8 Å². The van der Waals surface area contributed by atoms with Crippen molar-refractivity contribution in [3.8, 4) is 11.1 Å². The first-order chi connectivity index (χ1) is 17.9. The molecule has 1 aromatic carbocycles. The average Bonchev–Trinajstić information content (AvgIpc) is 3.26. The van der Waals surface area contributed by atoms with Gasteiger partial charge in [0, 0.05) is 41.6 Å². The van der Waals surface area contributed by atoms with E-state index in [9.17, 15) is 9.59 Å². The molecule has 9 nitrogen and oxygen atoms in total. The van der Waals surface area contributed by atoms with Gasteiger partial charge >= 0.3 is 12.2 Å². The first-order valence-corrected chi connectivity index (χ1v) is 12.4. The molecule has 0 aliphatic rings. The van der Waals surface area contributed by atoms with Crippen LogP contribution in [0.1, 0.15) is 52.7 Å². The molecular formula is C29H33N5O4. The number of hydrogen-bond donors (Lipinski definition) is 0. The van der Waals surface area contributed by atoms with Crippen LogP contribution in [0.3, 0.4) is 0 Å². The summed E-state index contributed by atoms with van der Waals surface area (Å²) in [7, 11) is 0. The molecule has 0 unspecified atom stereocenters. The number of rotatable bonds is 5. The van der Waals surface area contributed by atoms with Crippen LogP contribution in [0.25, 0.3) is 22.2 Å². The average molecular weight is 516 g/mol. The maximum absolute atomic E-state index is 13.0. The first kappa shape index (κ1) is 26.8. The SMILES string of the molecule is CC(C)(C)OC(=O)N(Cc1ccccc1)Cc1cncc(-c2cnc3c(cnn3C(=O)OC(C)(C)C)c2)c1. The van der Waals surface area contributed by atoms with E-state index in [0.717, 1.165) is 26.9 Å². The number of nitrogens with zero attached hydrogens (tertiary/aromatic N) is 5. The normalized spacial score (nSPS) is 11.8. The molecule has 4 aromatic rings. The second kappa shape index (κ2) is 10.6. The first-order valence-electron chi connectivity index (χ1n) is 12.4. The molecular weight excluding hydrogens is 482 g/mol. The molecule has 4 rings (SSSR count). The van der Waals surface area contributed by atoms with Gasteiger partial charge in [-0.25, -0.2) is 14.6 Å². The fourth-order valence-electron chi connectivity index (χ4n) is 3.79. The van der Waals surface area contributed by atoms with Gasteiger partial charge in [-0.1, -0.05) is 30.3 Å². The lowest BCUT2D eigenvalue weighted by Crippen LogP contribution is -2.36. The summed E-state index contributed by atoms with van der Waals surface area (Å²) in [5.74, 6) is 0. The van der Waals surface area contributed by atoms with Crippen LogP contribution in [-0.4, -0.2) is 48.0 Å². The van der Waals surface area contributed by atoms with Crippen LogP contribution in [0.2, 0.25) is 0 Å². The second-order valence-corrected chi connectivity index (χ2v) is 11.1. The van der Waals surface area contributed by atoms with E-state index >= 15 is 0 Å². The zero-order chi connectivity index (χ0) is 27.5. The summed E-state index contributed by atoms with van der Waals surface area (Å²) >= 11 is 0. The zero-order valence-corrected chi connectivity index (χ0v) is 22.6. The third-order valence-electron chi connectivity index (χ3n) is 5.34. The Balaban J connectivity index is 1.58. The van der Waals surface area contributed by atoms with E-state index in [-0.39, 0.29) is 0 Å². The van der Waals surface area contributed by atoms with Gasteiger partial charge in [0.2, 0.25) is 0 Å². The Labute approximate surface area is 222 Å². The van der Waals surface area contributed by atoms with Crippen molar-refractivity contribution in [1.82, 2.24) is 24.6 Å². The molecule has 1 amide bonds. The molecule has 0 saturated heterocycles. The summed E-state index contributed by atoms with van der Waals surface area (Å²) in [6, 6.07) is 13.6. The third kappa shape index (κ3) is 6.94. The number of benzene rings is 1. The van der Waals surface area contributed by atoms with E-state index in [0.29, 0.717) is 24.1 Å². The summed E-state index contributed by atoms with van der Waals surface area (Å²) in [4.78, 5) is 36.1. The minimum absolute atomic E-state index is 0.316. The summed E-state index contributed by atoms with van der Waals surface area (Å²) in [6.45, 7) is 11.7. The monoisotopic (exact) mass is 515 g/mol. The van der Waals surface area contributed by atoms with Crippen molar-refractivity contribution in [1.29, 1.82) is 0 Å². The fourth-order valence-corrected chi connectivity index (χ4v) is 3.79. The van der Waals surface area contributed by atoms with Gasteiger partial charge in [-0.2, -0.15) is 5.10 Å². The van der Waals surface area contributed by atoms with Crippen molar-refractivity contribution in [2.24, 2.45) is 0 Å². The van der Waals surface area contributed by atoms with E-state index in [1.54, 1.807) is 50.5 Å². The Morgan fingerprint density at radius 3 is 2.16 bits per heavy atom. The second-order valence-electron chi connectivity index (χ2n) is 11.1. The summed E-state index contributed by atoms with van der Waals surface area (Å²) in [6.07, 6.45) is 5.73. The number of carbonyl (C=O) groups is 2. The molecule has 3 heterocycles. The van der Waals surface area contributed by atoms with Crippen LogP contribution in [0.5, 0.6) is 0 Å². The predicted molar refractivity (Wildman–Crippen MR) is 144 cm³/mol. The zero-order valence-electron chi connectivity index (χ0n) is 22.6. The fraction of sp³-hybridized carbons (Fsp3) is 0.345. The highest BCUT2D eigenvalue weighted by atomic mass is 16.6. The minimum atomic E-state index is -0.644. The van der Waals surface area contributed by atoms with Gasteiger partial charge in [0.25, 0.3) is 0 Å². The van der Waals surface area contributed by atoms with Gasteiger partial charge in [0.05, 0.1) is 12.7 Å². The molecule has 0 saturated carbocycles. The Kier molecular flexibility index (Phi) is 7.48. The molecule has 0 radical (unpaired) electrons. The topological polar surface area (TPSA) is 99.4 Å². The number of ether oxygens (including phenoxy) is 2. The highest BCUT2D eigenvalue weighted by Crippen LogP contribution is 2.24.